The molecule has 0 bridgehead atoms. The number of likely N-dealkylation sites (tertiary alicyclic amines) is 1. The maximum absolute atomic E-state index is 12.9. The van der Waals surface area contributed by atoms with Gasteiger partial charge in [-0.25, -0.2) is 13.1 Å². The van der Waals surface area contributed by atoms with Gasteiger partial charge >= 0.3 is 0 Å². The minimum atomic E-state index is -3.67. The monoisotopic (exact) mass is 386 g/mol. The van der Waals surface area contributed by atoms with E-state index in [2.05, 4.69) is 4.72 Å². The molecule has 130 valence electrons. The van der Waals surface area contributed by atoms with Crippen LogP contribution >= 0.6 is 22.9 Å². The normalized spacial score (nSPS) is 18.5. The minimum Gasteiger partial charge on any atom is -0.341 e. The maximum atomic E-state index is 12.9. The summed E-state index contributed by atoms with van der Waals surface area (Å²) < 4.78 is 29.4. The van der Waals surface area contributed by atoms with Crippen LogP contribution in [0.5, 0.6) is 0 Å². The SMILES string of the molecule is CCC(=O)N1CCC(NS(=O)(=O)c2c(C)sc3ccc(Cl)cc23)C1. The van der Waals surface area contributed by atoms with Crippen molar-refractivity contribution >= 4 is 49.0 Å². The largest absolute Gasteiger partial charge is 0.341 e. The number of sulfonamides is 1. The molecule has 24 heavy (non-hydrogen) atoms. The number of nitrogens with zero attached hydrogens (tertiary/aromatic N) is 1. The molecule has 1 N–H and O–H groups in total. The van der Waals surface area contributed by atoms with Gasteiger partial charge in [-0.05, 0) is 31.5 Å². The number of halogens is 1. The average molecular weight is 387 g/mol. The van der Waals surface area contributed by atoms with Gasteiger partial charge in [0.05, 0.1) is 0 Å². The highest BCUT2D eigenvalue weighted by atomic mass is 35.5. The zero-order chi connectivity index (χ0) is 17.5. The summed E-state index contributed by atoms with van der Waals surface area (Å²) in [4.78, 5) is 14.5. The van der Waals surface area contributed by atoms with Gasteiger partial charge < -0.3 is 4.90 Å². The van der Waals surface area contributed by atoms with Gasteiger partial charge in [0.15, 0.2) is 0 Å². The third-order valence-electron chi connectivity index (χ3n) is 4.20. The van der Waals surface area contributed by atoms with E-state index in [1.54, 1.807) is 24.0 Å². The molecule has 1 atom stereocenters. The Hall–Kier alpha value is -1.15. The van der Waals surface area contributed by atoms with Gasteiger partial charge in [0.1, 0.15) is 4.90 Å². The van der Waals surface area contributed by atoms with Gasteiger partial charge in [0.2, 0.25) is 15.9 Å². The van der Waals surface area contributed by atoms with E-state index in [-0.39, 0.29) is 11.9 Å². The van der Waals surface area contributed by atoms with Crippen molar-refractivity contribution in [2.75, 3.05) is 13.1 Å². The van der Waals surface area contributed by atoms with Crippen molar-refractivity contribution in [3.63, 3.8) is 0 Å². The number of hydrogen-bond acceptors (Lipinski definition) is 4. The molecule has 2 aromatic rings. The summed E-state index contributed by atoms with van der Waals surface area (Å²) in [6.45, 7) is 4.63. The molecule has 0 spiro atoms. The predicted octanol–water partition coefficient (Wildman–Crippen LogP) is 3.15. The molecule has 3 rings (SSSR count). The fourth-order valence-corrected chi connectivity index (χ4v) is 6.30. The van der Waals surface area contributed by atoms with Gasteiger partial charge in [-0.2, -0.15) is 0 Å². The highest BCUT2D eigenvalue weighted by molar-refractivity contribution is 7.90. The molecule has 5 nitrogen and oxygen atoms in total. The van der Waals surface area contributed by atoms with Crippen molar-refractivity contribution in [1.29, 1.82) is 0 Å². The summed E-state index contributed by atoms with van der Waals surface area (Å²) in [5.41, 5.74) is 0. The Balaban J connectivity index is 1.88. The summed E-state index contributed by atoms with van der Waals surface area (Å²) >= 11 is 7.47. The van der Waals surface area contributed by atoms with Gasteiger partial charge in [-0.15, -0.1) is 11.3 Å². The van der Waals surface area contributed by atoms with Crippen LogP contribution in [0, 0.1) is 6.92 Å². The van der Waals surface area contributed by atoms with Gasteiger partial charge in [0.25, 0.3) is 0 Å². The number of rotatable bonds is 4. The number of thiophene rings is 1. The fourth-order valence-electron chi connectivity index (χ4n) is 3.09. The lowest BCUT2D eigenvalue weighted by Crippen LogP contribution is -2.38. The number of fused-ring (bicyclic) bond motifs is 1. The van der Waals surface area contributed by atoms with E-state index in [1.165, 1.54) is 11.3 Å². The van der Waals surface area contributed by atoms with Crippen LogP contribution in [0.1, 0.15) is 24.6 Å². The topological polar surface area (TPSA) is 66.5 Å². The van der Waals surface area contributed by atoms with E-state index in [9.17, 15) is 13.2 Å². The molecular weight excluding hydrogens is 368 g/mol. The second-order valence-electron chi connectivity index (χ2n) is 5.93. The molecule has 1 fully saturated rings. The molecule has 0 radical (unpaired) electrons. The molecule has 1 amide bonds. The first-order valence-electron chi connectivity index (χ1n) is 7.80. The number of hydrogen-bond donors (Lipinski definition) is 1. The van der Waals surface area contributed by atoms with Crippen LogP contribution in [0.4, 0.5) is 0 Å². The van der Waals surface area contributed by atoms with Crippen molar-refractivity contribution in [2.24, 2.45) is 0 Å². The number of benzene rings is 1. The molecule has 0 saturated carbocycles. The summed E-state index contributed by atoms with van der Waals surface area (Å²) in [5.74, 6) is 0.0562. The molecule has 0 aliphatic carbocycles. The molecule has 1 aliphatic rings. The van der Waals surface area contributed by atoms with Gasteiger partial charge in [0, 0.05) is 45.5 Å². The average Bonchev–Trinajstić information content (AvgIpc) is 3.09. The Morgan fingerprint density at radius 1 is 1.46 bits per heavy atom. The number of aryl methyl sites for hydroxylation is 1. The van der Waals surface area contributed by atoms with Gasteiger partial charge in [-0.1, -0.05) is 18.5 Å². The third kappa shape index (κ3) is 3.31. The van der Waals surface area contributed by atoms with Crippen molar-refractivity contribution in [2.45, 2.75) is 37.6 Å². The Bertz CT molecular complexity index is 892. The molecule has 1 aromatic heterocycles. The van der Waals surface area contributed by atoms with Crippen LogP contribution in [0.2, 0.25) is 5.02 Å². The summed E-state index contributed by atoms with van der Waals surface area (Å²) in [7, 11) is -3.67. The Labute approximate surface area is 150 Å². The van der Waals surface area contributed by atoms with Crippen LogP contribution in [0.15, 0.2) is 23.1 Å². The maximum Gasteiger partial charge on any atom is 0.242 e. The van der Waals surface area contributed by atoms with Crippen molar-refractivity contribution in [3.8, 4) is 0 Å². The number of nitrogens with one attached hydrogen (secondary N) is 1. The van der Waals surface area contributed by atoms with Crippen LogP contribution in [-0.4, -0.2) is 38.4 Å². The van der Waals surface area contributed by atoms with E-state index in [1.807, 2.05) is 13.0 Å². The zero-order valence-corrected chi connectivity index (χ0v) is 15.9. The van der Waals surface area contributed by atoms with E-state index in [4.69, 9.17) is 11.6 Å². The van der Waals surface area contributed by atoms with Crippen molar-refractivity contribution in [3.05, 3.63) is 28.1 Å². The molecule has 1 unspecified atom stereocenters. The van der Waals surface area contributed by atoms with E-state index in [0.29, 0.717) is 41.2 Å². The molecule has 2 heterocycles. The lowest BCUT2D eigenvalue weighted by molar-refractivity contribution is -0.129. The van der Waals surface area contributed by atoms with Crippen LogP contribution < -0.4 is 4.72 Å². The molecular formula is C16H19ClN2O3S2. The Morgan fingerprint density at radius 3 is 2.92 bits per heavy atom. The fraction of sp³-hybridized carbons (Fsp3) is 0.438. The summed E-state index contributed by atoms with van der Waals surface area (Å²) in [5, 5.41) is 1.16. The lowest BCUT2D eigenvalue weighted by atomic mass is 10.2. The standard InChI is InChI=1S/C16H19ClN2O3S2/c1-3-15(20)19-7-6-12(9-19)18-24(21,22)16-10(2)23-14-5-4-11(17)8-13(14)16/h4-5,8,12,18H,3,6-7,9H2,1-2H3. The smallest absolute Gasteiger partial charge is 0.242 e. The van der Waals surface area contributed by atoms with E-state index in [0.717, 1.165) is 9.58 Å². The summed E-state index contributed by atoms with van der Waals surface area (Å²) in [6.07, 6.45) is 1.07. The second kappa shape index (κ2) is 6.63. The molecule has 1 saturated heterocycles. The molecule has 1 aromatic carbocycles. The molecule has 8 heteroatoms. The van der Waals surface area contributed by atoms with Crippen LogP contribution in [0.25, 0.3) is 10.1 Å². The first kappa shape index (κ1) is 17.7. The number of amides is 1. The zero-order valence-electron chi connectivity index (χ0n) is 13.5. The first-order valence-corrected chi connectivity index (χ1v) is 10.5. The second-order valence-corrected chi connectivity index (χ2v) is 9.27. The highest BCUT2D eigenvalue weighted by Crippen LogP contribution is 2.35. The lowest BCUT2D eigenvalue weighted by Gasteiger charge is -2.16. The van der Waals surface area contributed by atoms with E-state index >= 15 is 0 Å². The van der Waals surface area contributed by atoms with Crippen LogP contribution in [0.3, 0.4) is 0 Å². The van der Waals surface area contributed by atoms with Gasteiger partial charge in [-0.3, -0.25) is 4.79 Å². The van der Waals surface area contributed by atoms with Crippen molar-refractivity contribution in [1.82, 2.24) is 9.62 Å². The summed E-state index contributed by atoms with van der Waals surface area (Å²) in [6, 6.07) is 5.04. The third-order valence-corrected chi connectivity index (χ3v) is 7.36. The number of carbonyl (C=O) groups excluding carboxylic acids is 1. The van der Waals surface area contributed by atoms with Crippen molar-refractivity contribution < 1.29 is 13.2 Å². The molecule has 1 aliphatic heterocycles. The first-order chi connectivity index (χ1) is 11.3. The Kier molecular flexibility index (Phi) is 4.88. The Morgan fingerprint density at radius 2 is 2.21 bits per heavy atom. The number of carbonyl (C=O) groups is 1. The van der Waals surface area contributed by atoms with Crippen LogP contribution in [-0.2, 0) is 14.8 Å². The predicted molar refractivity (Wildman–Crippen MR) is 97.2 cm³/mol. The quantitative estimate of drug-likeness (QED) is 0.877. The minimum absolute atomic E-state index is 0.0562. The van der Waals surface area contributed by atoms with E-state index < -0.39 is 10.0 Å². The highest BCUT2D eigenvalue weighted by Gasteiger charge is 2.31.